The van der Waals surface area contributed by atoms with Crippen molar-refractivity contribution in [1.29, 1.82) is 5.41 Å². The molecular weight excluding hydrogens is 408 g/mol. The van der Waals surface area contributed by atoms with E-state index in [1.54, 1.807) is 78.9 Å². The lowest BCUT2D eigenvalue weighted by Gasteiger charge is -2.23. The Hall–Kier alpha value is -4.66. The minimum Gasteiger partial charge on any atom is -0.384 e. The number of nitrogen functional groups attached to an aromatic ring is 1. The molecule has 0 unspecified atom stereocenters. The number of hydrogen-bond donors (Lipinski definition) is 5. The van der Waals surface area contributed by atoms with E-state index >= 15 is 0 Å². The number of carbonyl (C=O) groups is 3. The van der Waals surface area contributed by atoms with Gasteiger partial charge in [-0.15, -0.1) is 0 Å². The molecule has 9 heteroatoms. The summed E-state index contributed by atoms with van der Waals surface area (Å²) in [7, 11) is 0. The molecule has 32 heavy (non-hydrogen) atoms. The minimum atomic E-state index is -0.668. The number of nitrogens with one attached hydrogen (secondary N) is 4. The predicted octanol–water partition coefficient (Wildman–Crippen LogP) is 2.79. The third-order valence-corrected chi connectivity index (χ3v) is 4.32. The Kier molecular flexibility index (Phi) is 7.16. The molecule has 0 saturated carbocycles. The Morgan fingerprint density at radius 2 is 1.31 bits per heavy atom. The van der Waals surface area contributed by atoms with Gasteiger partial charge in [0.15, 0.2) is 0 Å². The van der Waals surface area contributed by atoms with E-state index in [2.05, 4.69) is 16.1 Å². The maximum atomic E-state index is 12.9. The number of rotatable bonds is 6. The molecule has 9 nitrogen and oxygen atoms in total. The van der Waals surface area contributed by atoms with Crippen molar-refractivity contribution in [1.82, 2.24) is 10.4 Å². The highest BCUT2D eigenvalue weighted by molar-refractivity contribution is 6.01. The zero-order chi connectivity index (χ0) is 22.9. The van der Waals surface area contributed by atoms with Gasteiger partial charge >= 0.3 is 6.03 Å². The molecule has 0 aromatic heterocycles. The van der Waals surface area contributed by atoms with Crippen LogP contribution in [0.5, 0.6) is 0 Å². The fourth-order valence-electron chi connectivity index (χ4n) is 2.78. The molecule has 0 aliphatic rings. The van der Waals surface area contributed by atoms with Crippen LogP contribution in [-0.2, 0) is 4.79 Å². The quantitative estimate of drug-likeness (QED) is 0.233. The van der Waals surface area contributed by atoms with Crippen molar-refractivity contribution in [2.75, 3.05) is 17.2 Å². The van der Waals surface area contributed by atoms with E-state index in [-0.39, 0.29) is 5.84 Å². The van der Waals surface area contributed by atoms with Crippen LogP contribution in [-0.4, -0.2) is 35.2 Å². The molecule has 0 heterocycles. The molecule has 0 atom stereocenters. The van der Waals surface area contributed by atoms with Crippen LogP contribution in [0.1, 0.15) is 15.9 Å². The van der Waals surface area contributed by atoms with Crippen LogP contribution < -0.4 is 21.8 Å². The highest BCUT2D eigenvalue weighted by atomic mass is 16.2. The summed E-state index contributed by atoms with van der Waals surface area (Å²) in [4.78, 5) is 37.9. The van der Waals surface area contributed by atoms with E-state index in [1.165, 1.54) is 0 Å². The monoisotopic (exact) mass is 430 g/mol. The molecule has 0 fully saturated rings. The van der Waals surface area contributed by atoms with Gasteiger partial charge in [0.25, 0.3) is 5.91 Å². The second kappa shape index (κ2) is 10.4. The summed E-state index contributed by atoms with van der Waals surface area (Å²) in [6.45, 7) is -0.426. The van der Waals surface area contributed by atoms with E-state index in [4.69, 9.17) is 11.1 Å². The summed E-state index contributed by atoms with van der Waals surface area (Å²) >= 11 is 0. The summed E-state index contributed by atoms with van der Waals surface area (Å²) in [5.74, 6) is -1.16. The molecule has 0 radical (unpaired) electrons. The van der Waals surface area contributed by atoms with Crippen molar-refractivity contribution in [3.8, 4) is 0 Å². The number of hydrazine groups is 1. The van der Waals surface area contributed by atoms with Gasteiger partial charge in [-0.2, -0.15) is 0 Å². The molecule has 162 valence electrons. The highest BCUT2D eigenvalue weighted by Gasteiger charge is 2.21. The number of amidine groups is 1. The predicted molar refractivity (Wildman–Crippen MR) is 122 cm³/mol. The second-order valence-electron chi connectivity index (χ2n) is 6.73. The second-order valence-corrected chi connectivity index (χ2v) is 6.73. The Bertz CT molecular complexity index is 1100. The molecule has 0 bridgehead atoms. The van der Waals surface area contributed by atoms with Gasteiger partial charge in [0.05, 0.1) is 0 Å². The first-order chi connectivity index (χ1) is 15.4. The van der Waals surface area contributed by atoms with E-state index in [9.17, 15) is 14.4 Å². The third kappa shape index (κ3) is 6.17. The summed E-state index contributed by atoms with van der Waals surface area (Å²) in [5, 5.41) is 13.6. The average molecular weight is 430 g/mol. The van der Waals surface area contributed by atoms with Crippen LogP contribution in [0, 0.1) is 5.41 Å². The largest absolute Gasteiger partial charge is 0.384 e. The topological polar surface area (TPSA) is 140 Å². The molecular formula is C23H22N6O3. The standard InChI is InChI=1S/C23H22N6O3/c24-21(25)16-11-13-19(14-12-16)26-20(30)15-29(22(31)17-7-3-1-4-8-17)28-23(32)27-18-9-5-2-6-10-18/h1-14H,15H2,(H3,24,25)(H,26,30)(H2,27,28,32). The number of para-hydroxylation sites is 1. The first-order valence-electron chi connectivity index (χ1n) is 9.66. The molecule has 3 aromatic carbocycles. The van der Waals surface area contributed by atoms with Crippen LogP contribution in [0.4, 0.5) is 16.2 Å². The van der Waals surface area contributed by atoms with Crippen molar-refractivity contribution in [2.24, 2.45) is 5.73 Å². The average Bonchev–Trinajstić information content (AvgIpc) is 2.79. The number of anilines is 2. The van der Waals surface area contributed by atoms with E-state index < -0.39 is 24.4 Å². The van der Waals surface area contributed by atoms with Crippen LogP contribution in [0.3, 0.4) is 0 Å². The van der Waals surface area contributed by atoms with Crippen molar-refractivity contribution in [2.45, 2.75) is 0 Å². The van der Waals surface area contributed by atoms with Gasteiger partial charge in [0.1, 0.15) is 12.4 Å². The lowest BCUT2D eigenvalue weighted by atomic mass is 10.2. The Morgan fingerprint density at radius 1 is 0.750 bits per heavy atom. The molecule has 0 saturated heterocycles. The van der Waals surface area contributed by atoms with E-state index in [0.717, 1.165) is 5.01 Å². The zero-order valence-electron chi connectivity index (χ0n) is 17.0. The molecule has 0 aliphatic carbocycles. The third-order valence-electron chi connectivity index (χ3n) is 4.32. The van der Waals surface area contributed by atoms with Crippen LogP contribution in [0.2, 0.25) is 0 Å². The van der Waals surface area contributed by atoms with Gasteiger partial charge < -0.3 is 16.4 Å². The zero-order valence-corrected chi connectivity index (χ0v) is 17.0. The van der Waals surface area contributed by atoms with Gasteiger partial charge in [-0.1, -0.05) is 36.4 Å². The summed E-state index contributed by atoms with van der Waals surface area (Å²) in [6, 6.07) is 22.7. The highest BCUT2D eigenvalue weighted by Crippen LogP contribution is 2.10. The molecule has 6 N–H and O–H groups in total. The van der Waals surface area contributed by atoms with Gasteiger partial charge in [0, 0.05) is 22.5 Å². The number of carbonyl (C=O) groups excluding carboxylic acids is 3. The fourth-order valence-corrected chi connectivity index (χ4v) is 2.78. The van der Waals surface area contributed by atoms with Crippen molar-refractivity contribution in [3.63, 3.8) is 0 Å². The molecule has 3 rings (SSSR count). The van der Waals surface area contributed by atoms with Crippen LogP contribution >= 0.6 is 0 Å². The fraction of sp³-hybridized carbons (Fsp3) is 0.0435. The molecule has 4 amide bonds. The first-order valence-corrected chi connectivity index (χ1v) is 9.66. The van der Waals surface area contributed by atoms with Gasteiger partial charge in [-0.05, 0) is 48.5 Å². The SMILES string of the molecule is N=C(N)c1ccc(NC(=O)CN(NC(=O)Nc2ccccc2)C(=O)c2ccccc2)cc1. The minimum absolute atomic E-state index is 0.0869. The molecule has 0 aliphatic heterocycles. The van der Waals surface area contributed by atoms with Gasteiger partial charge in [-0.25, -0.2) is 15.2 Å². The number of amides is 4. The summed E-state index contributed by atoms with van der Waals surface area (Å²) in [5.41, 5.74) is 9.68. The van der Waals surface area contributed by atoms with Crippen molar-refractivity contribution < 1.29 is 14.4 Å². The van der Waals surface area contributed by atoms with Crippen LogP contribution in [0.25, 0.3) is 0 Å². The maximum Gasteiger partial charge on any atom is 0.338 e. The van der Waals surface area contributed by atoms with Crippen molar-refractivity contribution in [3.05, 3.63) is 96.1 Å². The maximum absolute atomic E-state index is 12.9. The van der Waals surface area contributed by atoms with Crippen LogP contribution in [0.15, 0.2) is 84.9 Å². The number of urea groups is 1. The Balaban J connectivity index is 1.71. The Labute approximate surface area is 184 Å². The summed E-state index contributed by atoms with van der Waals surface area (Å²) in [6.07, 6.45) is 0. The smallest absolute Gasteiger partial charge is 0.338 e. The lowest BCUT2D eigenvalue weighted by molar-refractivity contribution is -0.117. The molecule has 0 spiro atoms. The number of nitrogens with two attached hydrogens (primary N) is 1. The van der Waals surface area contributed by atoms with Gasteiger partial charge in [0.2, 0.25) is 5.91 Å². The van der Waals surface area contributed by atoms with E-state index in [1.807, 2.05) is 6.07 Å². The number of hydrogen-bond acceptors (Lipinski definition) is 4. The van der Waals surface area contributed by atoms with Gasteiger partial charge in [-0.3, -0.25) is 15.0 Å². The first kappa shape index (κ1) is 22.0. The molecule has 3 aromatic rings. The number of nitrogens with zero attached hydrogens (tertiary/aromatic N) is 1. The normalized spacial score (nSPS) is 10.0. The van der Waals surface area contributed by atoms with E-state index in [0.29, 0.717) is 22.5 Å². The number of benzene rings is 3. The Morgan fingerprint density at radius 3 is 1.91 bits per heavy atom. The van der Waals surface area contributed by atoms with Crippen molar-refractivity contribution >= 4 is 35.1 Å². The summed E-state index contributed by atoms with van der Waals surface area (Å²) < 4.78 is 0. The lowest BCUT2D eigenvalue weighted by Crippen LogP contribution is -2.51.